The molecule has 0 unspecified atom stereocenters. The lowest BCUT2D eigenvalue weighted by Gasteiger charge is -1.98. The van der Waals surface area contributed by atoms with Crippen LogP contribution in [-0.4, -0.2) is 20.2 Å². The number of nitrogens with zero attached hydrogens (tertiary/aromatic N) is 4. The second kappa shape index (κ2) is 6.10. The van der Waals surface area contributed by atoms with Crippen LogP contribution < -0.4 is 0 Å². The van der Waals surface area contributed by atoms with Gasteiger partial charge in [0.25, 0.3) is 0 Å². The van der Waals surface area contributed by atoms with Crippen LogP contribution in [-0.2, 0) is 5.75 Å². The van der Waals surface area contributed by atoms with Crippen LogP contribution in [0.3, 0.4) is 0 Å². The molecule has 4 rings (SSSR count). The zero-order valence-corrected chi connectivity index (χ0v) is 13.9. The fraction of sp³-hybridized carbons (Fsp3) is 0.125. The summed E-state index contributed by atoms with van der Waals surface area (Å²) in [6.45, 7) is 2.05. The van der Waals surface area contributed by atoms with Crippen molar-refractivity contribution in [3.63, 3.8) is 0 Å². The summed E-state index contributed by atoms with van der Waals surface area (Å²) in [5, 5.41) is 11.2. The molecule has 0 aliphatic carbocycles. The van der Waals surface area contributed by atoms with Gasteiger partial charge >= 0.3 is 0 Å². The van der Waals surface area contributed by atoms with Crippen molar-refractivity contribution in [1.29, 1.82) is 0 Å². The van der Waals surface area contributed by atoms with Crippen molar-refractivity contribution in [1.82, 2.24) is 20.2 Å². The van der Waals surface area contributed by atoms with Crippen LogP contribution in [0.25, 0.3) is 21.7 Å². The molecule has 0 fully saturated rings. The Morgan fingerprint density at radius 1 is 1.09 bits per heavy atom. The average Bonchev–Trinajstić information content (AvgIpc) is 3.23. The topological polar surface area (TPSA) is 64.7 Å². The Labute approximate surface area is 140 Å². The van der Waals surface area contributed by atoms with Gasteiger partial charge in [-0.3, -0.25) is 0 Å². The highest BCUT2D eigenvalue weighted by Gasteiger charge is 2.11. The number of rotatable bonds is 4. The summed E-state index contributed by atoms with van der Waals surface area (Å²) in [5.74, 6) is 1.72. The van der Waals surface area contributed by atoms with Gasteiger partial charge in [-0.05, 0) is 30.5 Å². The van der Waals surface area contributed by atoms with Gasteiger partial charge in [0.15, 0.2) is 0 Å². The van der Waals surface area contributed by atoms with Crippen LogP contribution in [0.15, 0.2) is 51.5 Å². The zero-order chi connectivity index (χ0) is 15.6. The normalized spacial score (nSPS) is 11.2. The molecule has 0 saturated heterocycles. The Morgan fingerprint density at radius 3 is 2.83 bits per heavy atom. The van der Waals surface area contributed by atoms with E-state index in [1.165, 1.54) is 5.56 Å². The van der Waals surface area contributed by atoms with E-state index in [0.717, 1.165) is 20.8 Å². The summed E-state index contributed by atoms with van der Waals surface area (Å²) in [4.78, 5) is 8.58. The molecule has 0 aliphatic heterocycles. The maximum atomic E-state index is 5.74. The molecule has 3 heterocycles. The second-order valence-electron chi connectivity index (χ2n) is 4.97. The molecule has 3 aromatic heterocycles. The van der Waals surface area contributed by atoms with Gasteiger partial charge in [-0.15, -0.1) is 21.5 Å². The van der Waals surface area contributed by atoms with Gasteiger partial charge in [-0.1, -0.05) is 29.5 Å². The minimum Gasteiger partial charge on any atom is -0.420 e. The van der Waals surface area contributed by atoms with Gasteiger partial charge in [0.2, 0.25) is 11.8 Å². The Bertz CT molecular complexity index is 946. The lowest BCUT2D eigenvalue weighted by molar-refractivity contribution is 0.528. The summed E-state index contributed by atoms with van der Waals surface area (Å²) in [6.07, 6.45) is 1.59. The fourth-order valence-electron chi connectivity index (χ4n) is 2.12. The van der Waals surface area contributed by atoms with Crippen LogP contribution in [0.2, 0.25) is 0 Å². The van der Waals surface area contributed by atoms with Gasteiger partial charge in [-0.2, -0.15) is 0 Å². The first kappa shape index (κ1) is 14.3. The third-order valence-electron chi connectivity index (χ3n) is 3.31. The largest absolute Gasteiger partial charge is 0.420 e. The Kier molecular flexibility index (Phi) is 3.80. The number of benzene rings is 1. The maximum Gasteiger partial charge on any atom is 0.247 e. The number of aromatic nitrogens is 4. The molecule has 5 nitrogen and oxygen atoms in total. The third-order valence-corrected chi connectivity index (χ3v) is 5.32. The molecule has 7 heteroatoms. The molecule has 114 valence electrons. The van der Waals surface area contributed by atoms with E-state index in [9.17, 15) is 0 Å². The highest BCUT2D eigenvalue weighted by Crippen LogP contribution is 2.31. The molecule has 0 atom stereocenters. The summed E-state index contributed by atoms with van der Waals surface area (Å²) in [7, 11) is 0. The Morgan fingerprint density at radius 2 is 1.96 bits per heavy atom. The molecule has 0 spiro atoms. The molecule has 0 aliphatic rings. The average molecular weight is 340 g/mol. The second-order valence-corrected chi connectivity index (χ2v) is 6.85. The molecule has 1 aromatic carbocycles. The van der Waals surface area contributed by atoms with E-state index in [-0.39, 0.29) is 0 Å². The van der Waals surface area contributed by atoms with Crippen molar-refractivity contribution in [2.24, 2.45) is 0 Å². The lowest BCUT2D eigenvalue weighted by atomic mass is 10.1. The van der Waals surface area contributed by atoms with Gasteiger partial charge in [0.05, 0.1) is 16.0 Å². The highest BCUT2D eigenvalue weighted by molar-refractivity contribution is 7.98. The van der Waals surface area contributed by atoms with E-state index in [4.69, 9.17) is 4.42 Å². The lowest BCUT2D eigenvalue weighted by Crippen LogP contribution is -1.85. The van der Waals surface area contributed by atoms with Crippen molar-refractivity contribution >= 4 is 33.3 Å². The smallest absolute Gasteiger partial charge is 0.247 e. The number of thioether (sulfide) groups is 1. The SMILES string of the molecule is Cc1ccc(-c2nnc(CSc3ncnc4ccsc34)o2)cc1. The Balaban J connectivity index is 1.52. The van der Waals surface area contributed by atoms with E-state index in [2.05, 4.69) is 20.2 Å². The molecule has 0 amide bonds. The standard InChI is InChI=1S/C16H12N4OS2/c1-10-2-4-11(5-3-10)15-20-19-13(21-15)8-23-16-14-12(6-7-22-14)17-9-18-16/h2-7,9H,8H2,1H3. The van der Waals surface area contributed by atoms with Crippen molar-refractivity contribution in [2.75, 3.05) is 0 Å². The first-order chi connectivity index (χ1) is 11.3. The van der Waals surface area contributed by atoms with Crippen LogP contribution in [0.5, 0.6) is 0 Å². The minimum atomic E-state index is 0.546. The van der Waals surface area contributed by atoms with E-state index in [0.29, 0.717) is 17.5 Å². The van der Waals surface area contributed by atoms with Gasteiger partial charge in [0, 0.05) is 5.56 Å². The fourth-order valence-corrected chi connectivity index (χ4v) is 3.91. The first-order valence-electron chi connectivity index (χ1n) is 7.00. The van der Waals surface area contributed by atoms with Crippen molar-refractivity contribution in [2.45, 2.75) is 17.7 Å². The summed E-state index contributed by atoms with van der Waals surface area (Å²) >= 11 is 3.22. The summed E-state index contributed by atoms with van der Waals surface area (Å²) in [6, 6.07) is 10.0. The Hall–Kier alpha value is -2.25. The van der Waals surface area contributed by atoms with E-state index in [1.807, 2.05) is 42.6 Å². The van der Waals surface area contributed by atoms with Crippen LogP contribution in [0, 0.1) is 6.92 Å². The van der Waals surface area contributed by atoms with E-state index < -0.39 is 0 Å². The van der Waals surface area contributed by atoms with Gasteiger partial charge < -0.3 is 4.42 Å². The van der Waals surface area contributed by atoms with Crippen molar-refractivity contribution in [3.05, 3.63) is 53.5 Å². The third kappa shape index (κ3) is 2.97. The number of hydrogen-bond donors (Lipinski definition) is 0. The molecule has 23 heavy (non-hydrogen) atoms. The molecule has 4 aromatic rings. The van der Waals surface area contributed by atoms with E-state index >= 15 is 0 Å². The minimum absolute atomic E-state index is 0.546. The molecular weight excluding hydrogens is 328 g/mol. The molecule has 0 bridgehead atoms. The highest BCUT2D eigenvalue weighted by atomic mass is 32.2. The predicted octanol–water partition coefficient (Wildman–Crippen LogP) is 4.34. The zero-order valence-electron chi connectivity index (χ0n) is 12.3. The van der Waals surface area contributed by atoms with E-state index in [1.54, 1.807) is 29.4 Å². The number of thiophene rings is 1. The van der Waals surface area contributed by atoms with Crippen molar-refractivity contribution < 1.29 is 4.42 Å². The molecule has 0 radical (unpaired) electrons. The first-order valence-corrected chi connectivity index (χ1v) is 8.86. The summed E-state index contributed by atoms with van der Waals surface area (Å²) in [5.41, 5.74) is 3.10. The van der Waals surface area contributed by atoms with Gasteiger partial charge in [0.1, 0.15) is 11.4 Å². The maximum absolute atomic E-state index is 5.74. The van der Waals surface area contributed by atoms with Gasteiger partial charge in [-0.25, -0.2) is 9.97 Å². The van der Waals surface area contributed by atoms with Crippen LogP contribution >= 0.6 is 23.1 Å². The monoisotopic (exact) mass is 340 g/mol. The summed E-state index contributed by atoms with van der Waals surface area (Å²) < 4.78 is 6.84. The van der Waals surface area contributed by atoms with Crippen LogP contribution in [0.4, 0.5) is 0 Å². The number of aryl methyl sites for hydroxylation is 1. The number of hydrogen-bond acceptors (Lipinski definition) is 7. The molecule has 0 N–H and O–H groups in total. The van der Waals surface area contributed by atoms with Crippen molar-refractivity contribution in [3.8, 4) is 11.5 Å². The van der Waals surface area contributed by atoms with Crippen LogP contribution in [0.1, 0.15) is 11.5 Å². The predicted molar refractivity (Wildman–Crippen MR) is 91.4 cm³/mol. The molecular formula is C16H12N4OS2. The number of fused-ring (bicyclic) bond motifs is 1. The quantitative estimate of drug-likeness (QED) is 0.407. The molecule has 0 saturated carbocycles.